The standard InChI is InChI=1S/C17H25NO2/c1-2-17(10-4-3-5-11-17)12-13-18-15-8-6-14(7-9-15)16(19)20/h6-9,18H,2-5,10-13H2,1H3,(H,19,20). The number of aromatic carboxylic acids is 1. The number of benzene rings is 1. The number of nitrogens with one attached hydrogen (secondary N) is 1. The van der Waals surface area contributed by atoms with Gasteiger partial charge in [0.15, 0.2) is 0 Å². The average molecular weight is 275 g/mol. The second-order valence-corrected chi connectivity index (χ2v) is 5.97. The van der Waals surface area contributed by atoms with Gasteiger partial charge in [-0.1, -0.05) is 32.6 Å². The van der Waals surface area contributed by atoms with Gasteiger partial charge in [-0.2, -0.15) is 0 Å². The minimum Gasteiger partial charge on any atom is -0.478 e. The molecule has 0 aromatic heterocycles. The molecule has 2 rings (SSSR count). The van der Waals surface area contributed by atoms with Gasteiger partial charge >= 0.3 is 5.97 Å². The van der Waals surface area contributed by atoms with E-state index in [1.807, 2.05) is 12.1 Å². The molecule has 0 atom stereocenters. The van der Waals surface area contributed by atoms with Crippen molar-refractivity contribution in [3.05, 3.63) is 29.8 Å². The van der Waals surface area contributed by atoms with Crippen LogP contribution in [0, 0.1) is 5.41 Å². The van der Waals surface area contributed by atoms with Gasteiger partial charge in [0, 0.05) is 12.2 Å². The van der Waals surface area contributed by atoms with Crippen LogP contribution in [-0.4, -0.2) is 17.6 Å². The number of carbonyl (C=O) groups is 1. The van der Waals surface area contributed by atoms with Crippen LogP contribution in [0.4, 0.5) is 5.69 Å². The van der Waals surface area contributed by atoms with Crippen molar-refractivity contribution in [2.75, 3.05) is 11.9 Å². The first kappa shape index (κ1) is 14.9. The van der Waals surface area contributed by atoms with Crippen LogP contribution < -0.4 is 5.32 Å². The summed E-state index contributed by atoms with van der Waals surface area (Å²) in [4.78, 5) is 10.8. The SMILES string of the molecule is CCC1(CCNc2ccc(C(=O)O)cc2)CCCCC1. The smallest absolute Gasteiger partial charge is 0.335 e. The number of hydrogen-bond acceptors (Lipinski definition) is 2. The summed E-state index contributed by atoms with van der Waals surface area (Å²) in [6.45, 7) is 3.28. The third-order valence-electron chi connectivity index (χ3n) is 4.78. The molecule has 0 saturated heterocycles. The first-order chi connectivity index (χ1) is 9.65. The molecule has 0 heterocycles. The fourth-order valence-electron chi connectivity index (χ4n) is 3.28. The van der Waals surface area contributed by atoms with E-state index in [-0.39, 0.29) is 0 Å². The second-order valence-electron chi connectivity index (χ2n) is 5.97. The Morgan fingerprint density at radius 1 is 1.20 bits per heavy atom. The predicted molar refractivity (Wildman–Crippen MR) is 82.3 cm³/mol. The number of carboxylic acid groups (broad SMARTS) is 1. The zero-order valence-electron chi connectivity index (χ0n) is 12.3. The highest BCUT2D eigenvalue weighted by Gasteiger charge is 2.29. The van der Waals surface area contributed by atoms with Crippen molar-refractivity contribution in [2.45, 2.75) is 51.9 Å². The summed E-state index contributed by atoms with van der Waals surface area (Å²) in [6, 6.07) is 7.01. The second kappa shape index (κ2) is 6.78. The van der Waals surface area contributed by atoms with E-state index in [0.717, 1.165) is 12.2 Å². The number of carboxylic acids is 1. The molecule has 1 fully saturated rings. The summed E-state index contributed by atoms with van der Waals surface area (Å²) in [5.74, 6) is -0.872. The van der Waals surface area contributed by atoms with Crippen molar-refractivity contribution in [2.24, 2.45) is 5.41 Å². The lowest BCUT2D eigenvalue weighted by atomic mass is 9.70. The fourth-order valence-corrected chi connectivity index (χ4v) is 3.28. The maximum Gasteiger partial charge on any atom is 0.335 e. The molecule has 0 radical (unpaired) electrons. The van der Waals surface area contributed by atoms with Gasteiger partial charge in [0.05, 0.1) is 5.56 Å². The van der Waals surface area contributed by atoms with Gasteiger partial charge in [0.2, 0.25) is 0 Å². The first-order valence-electron chi connectivity index (χ1n) is 7.72. The highest BCUT2D eigenvalue weighted by atomic mass is 16.4. The van der Waals surface area contributed by atoms with Gasteiger partial charge < -0.3 is 10.4 Å². The lowest BCUT2D eigenvalue weighted by Crippen LogP contribution is -2.26. The largest absolute Gasteiger partial charge is 0.478 e. The molecule has 2 N–H and O–H groups in total. The minimum atomic E-state index is -0.872. The molecule has 0 bridgehead atoms. The van der Waals surface area contributed by atoms with Crippen LogP contribution in [0.3, 0.4) is 0 Å². The number of anilines is 1. The molecule has 3 nitrogen and oxygen atoms in total. The molecule has 3 heteroatoms. The minimum absolute atomic E-state index is 0.341. The molecule has 110 valence electrons. The Bertz CT molecular complexity index is 433. The van der Waals surface area contributed by atoms with E-state index >= 15 is 0 Å². The Hall–Kier alpha value is -1.51. The Morgan fingerprint density at radius 3 is 2.40 bits per heavy atom. The van der Waals surface area contributed by atoms with Crippen LogP contribution >= 0.6 is 0 Å². The van der Waals surface area contributed by atoms with Crippen LogP contribution in [0.15, 0.2) is 24.3 Å². The number of rotatable bonds is 6. The van der Waals surface area contributed by atoms with Gasteiger partial charge in [-0.25, -0.2) is 4.79 Å². The first-order valence-corrected chi connectivity index (χ1v) is 7.72. The Balaban J connectivity index is 1.84. The summed E-state index contributed by atoms with van der Waals surface area (Å²) < 4.78 is 0. The van der Waals surface area contributed by atoms with Crippen LogP contribution in [0.5, 0.6) is 0 Å². The molecule has 1 aromatic rings. The third-order valence-corrected chi connectivity index (χ3v) is 4.78. The highest BCUT2D eigenvalue weighted by molar-refractivity contribution is 5.87. The molecular weight excluding hydrogens is 250 g/mol. The molecule has 0 aliphatic heterocycles. The van der Waals surface area contributed by atoms with Gasteiger partial charge in [-0.3, -0.25) is 0 Å². The van der Waals surface area contributed by atoms with Crippen molar-refractivity contribution in [1.29, 1.82) is 0 Å². The summed E-state index contributed by atoms with van der Waals surface area (Å²) in [7, 11) is 0. The molecule has 1 aliphatic rings. The van der Waals surface area contributed by atoms with Gasteiger partial charge in [0.1, 0.15) is 0 Å². The zero-order valence-corrected chi connectivity index (χ0v) is 12.3. The molecule has 20 heavy (non-hydrogen) atoms. The summed E-state index contributed by atoms with van der Waals surface area (Å²) in [5.41, 5.74) is 1.89. The normalized spacial score (nSPS) is 17.6. The van der Waals surface area contributed by atoms with Gasteiger partial charge in [0.25, 0.3) is 0 Å². The zero-order chi connectivity index (χ0) is 14.4. The Kier molecular flexibility index (Phi) is 5.05. The van der Waals surface area contributed by atoms with E-state index in [0.29, 0.717) is 11.0 Å². The molecular formula is C17H25NO2. The quantitative estimate of drug-likeness (QED) is 0.801. The lowest BCUT2D eigenvalue weighted by Gasteiger charge is -2.36. The maximum absolute atomic E-state index is 10.8. The van der Waals surface area contributed by atoms with Crippen molar-refractivity contribution in [3.8, 4) is 0 Å². The Labute approximate surface area is 121 Å². The highest BCUT2D eigenvalue weighted by Crippen LogP contribution is 2.41. The summed E-state index contributed by atoms with van der Waals surface area (Å²) in [5, 5.41) is 12.3. The van der Waals surface area contributed by atoms with Crippen molar-refractivity contribution >= 4 is 11.7 Å². The molecule has 1 aliphatic carbocycles. The molecule has 0 amide bonds. The molecule has 0 spiro atoms. The summed E-state index contributed by atoms with van der Waals surface area (Å²) in [6.07, 6.45) is 9.36. The van der Waals surface area contributed by atoms with Gasteiger partial charge in [-0.15, -0.1) is 0 Å². The monoisotopic (exact) mass is 275 g/mol. The predicted octanol–water partition coefficient (Wildman–Crippen LogP) is 4.55. The van der Waals surface area contributed by atoms with Crippen LogP contribution in [-0.2, 0) is 0 Å². The van der Waals surface area contributed by atoms with E-state index in [9.17, 15) is 4.79 Å². The van der Waals surface area contributed by atoms with Crippen LogP contribution in [0.2, 0.25) is 0 Å². The Morgan fingerprint density at radius 2 is 1.85 bits per heavy atom. The van der Waals surface area contributed by atoms with E-state index in [2.05, 4.69) is 12.2 Å². The maximum atomic E-state index is 10.8. The number of hydrogen-bond donors (Lipinski definition) is 2. The average Bonchev–Trinajstić information content (AvgIpc) is 2.49. The molecule has 0 unspecified atom stereocenters. The lowest BCUT2D eigenvalue weighted by molar-refractivity contribution is 0.0697. The van der Waals surface area contributed by atoms with E-state index in [1.54, 1.807) is 12.1 Å². The van der Waals surface area contributed by atoms with E-state index in [1.165, 1.54) is 44.9 Å². The van der Waals surface area contributed by atoms with Crippen molar-refractivity contribution in [3.63, 3.8) is 0 Å². The summed E-state index contributed by atoms with van der Waals surface area (Å²) >= 11 is 0. The van der Waals surface area contributed by atoms with E-state index < -0.39 is 5.97 Å². The topological polar surface area (TPSA) is 49.3 Å². The molecule has 1 saturated carbocycles. The molecule has 1 aromatic carbocycles. The van der Waals surface area contributed by atoms with Gasteiger partial charge in [-0.05, 0) is 48.9 Å². The fraction of sp³-hybridized carbons (Fsp3) is 0.588. The van der Waals surface area contributed by atoms with E-state index in [4.69, 9.17) is 5.11 Å². The van der Waals surface area contributed by atoms with Crippen LogP contribution in [0.1, 0.15) is 62.2 Å². The van der Waals surface area contributed by atoms with Crippen molar-refractivity contribution < 1.29 is 9.90 Å². The van der Waals surface area contributed by atoms with Crippen LogP contribution in [0.25, 0.3) is 0 Å². The van der Waals surface area contributed by atoms with Crippen molar-refractivity contribution in [1.82, 2.24) is 0 Å². The third kappa shape index (κ3) is 3.75.